The Hall–Kier alpha value is -1.32. The van der Waals surface area contributed by atoms with Crippen LogP contribution >= 0.6 is 0 Å². The SMILES string of the molecule is CCCC(c1ccccc1)[N+](C)(C)NC=C(C)C=O.[Cl-]. The summed E-state index contributed by atoms with van der Waals surface area (Å²) in [6.07, 6.45) is 4.88. The molecule has 4 heteroatoms. The average Bonchev–Trinajstić information content (AvgIpc) is 2.43. The minimum Gasteiger partial charge on any atom is -1.00 e. The van der Waals surface area contributed by atoms with Crippen molar-refractivity contribution >= 4 is 6.29 Å². The third-order valence-corrected chi connectivity index (χ3v) is 3.34. The van der Waals surface area contributed by atoms with Crippen LogP contribution in [0.25, 0.3) is 0 Å². The van der Waals surface area contributed by atoms with Gasteiger partial charge in [-0.15, -0.1) is 0 Å². The van der Waals surface area contributed by atoms with Crippen LogP contribution in [-0.4, -0.2) is 25.0 Å². The quantitative estimate of drug-likeness (QED) is 0.337. The lowest BCUT2D eigenvalue weighted by Crippen LogP contribution is -3.00. The van der Waals surface area contributed by atoms with Crippen LogP contribution in [0, 0.1) is 0 Å². The van der Waals surface area contributed by atoms with Crippen molar-refractivity contribution in [2.75, 3.05) is 14.1 Å². The van der Waals surface area contributed by atoms with Gasteiger partial charge >= 0.3 is 0 Å². The van der Waals surface area contributed by atoms with E-state index in [0.717, 1.165) is 19.1 Å². The van der Waals surface area contributed by atoms with Crippen LogP contribution < -0.4 is 17.8 Å². The van der Waals surface area contributed by atoms with Gasteiger partial charge in [0.15, 0.2) is 0 Å². The Balaban J connectivity index is 0.00000361. The summed E-state index contributed by atoms with van der Waals surface area (Å²) in [6, 6.07) is 10.9. The van der Waals surface area contributed by atoms with Crippen molar-refractivity contribution in [3.63, 3.8) is 0 Å². The normalized spacial score (nSPS) is 13.3. The molecule has 0 aliphatic heterocycles. The summed E-state index contributed by atoms with van der Waals surface area (Å²) < 4.78 is 0.628. The maximum atomic E-state index is 10.7. The number of hydrogen-bond donors (Lipinski definition) is 1. The molecule has 1 aromatic carbocycles. The predicted molar refractivity (Wildman–Crippen MR) is 79.2 cm³/mol. The lowest BCUT2D eigenvalue weighted by molar-refractivity contribution is -0.958. The smallest absolute Gasteiger partial charge is 0.147 e. The van der Waals surface area contributed by atoms with Crippen molar-refractivity contribution < 1.29 is 21.8 Å². The third-order valence-electron chi connectivity index (χ3n) is 3.34. The number of carbonyl (C=O) groups excluding carboxylic acids is 1. The Morgan fingerprint density at radius 2 is 1.90 bits per heavy atom. The second-order valence-electron chi connectivity index (χ2n) is 5.39. The van der Waals surface area contributed by atoms with Gasteiger partial charge in [0.05, 0.1) is 20.3 Å². The molecular formula is C16H25ClN2O. The van der Waals surface area contributed by atoms with Gasteiger partial charge in [-0.25, -0.2) is 10.0 Å². The van der Waals surface area contributed by atoms with Crippen LogP contribution in [0.3, 0.4) is 0 Å². The van der Waals surface area contributed by atoms with Crippen LogP contribution in [0.2, 0.25) is 0 Å². The lowest BCUT2D eigenvalue weighted by Gasteiger charge is -2.37. The fraction of sp³-hybridized carbons (Fsp3) is 0.438. The number of nitrogens with one attached hydrogen (secondary N) is 1. The number of carbonyl (C=O) groups is 1. The Labute approximate surface area is 128 Å². The molecule has 1 atom stereocenters. The maximum Gasteiger partial charge on any atom is 0.147 e. The number of halogens is 1. The van der Waals surface area contributed by atoms with E-state index < -0.39 is 0 Å². The fourth-order valence-corrected chi connectivity index (χ4v) is 2.20. The van der Waals surface area contributed by atoms with Gasteiger partial charge in [-0.2, -0.15) is 0 Å². The monoisotopic (exact) mass is 296 g/mol. The molecule has 20 heavy (non-hydrogen) atoms. The van der Waals surface area contributed by atoms with Crippen molar-refractivity contribution in [3.05, 3.63) is 47.7 Å². The van der Waals surface area contributed by atoms with Crippen LogP contribution in [0.4, 0.5) is 0 Å². The Morgan fingerprint density at radius 3 is 2.40 bits per heavy atom. The Kier molecular flexibility index (Phi) is 8.19. The molecule has 112 valence electrons. The number of rotatable bonds is 7. The van der Waals surface area contributed by atoms with Gasteiger partial charge in [0.1, 0.15) is 12.3 Å². The highest BCUT2D eigenvalue weighted by atomic mass is 35.5. The molecule has 0 aromatic heterocycles. The second-order valence-corrected chi connectivity index (χ2v) is 5.39. The van der Waals surface area contributed by atoms with Crippen molar-refractivity contribution in [2.45, 2.75) is 32.7 Å². The van der Waals surface area contributed by atoms with Crippen molar-refractivity contribution in [1.29, 1.82) is 0 Å². The summed E-state index contributed by atoms with van der Waals surface area (Å²) in [7, 11) is 4.25. The van der Waals surface area contributed by atoms with E-state index in [-0.39, 0.29) is 12.4 Å². The van der Waals surface area contributed by atoms with E-state index in [1.807, 2.05) is 6.07 Å². The van der Waals surface area contributed by atoms with Gasteiger partial charge in [0.25, 0.3) is 0 Å². The molecule has 0 saturated heterocycles. The molecule has 0 radical (unpaired) electrons. The van der Waals surface area contributed by atoms with E-state index in [0.29, 0.717) is 16.2 Å². The van der Waals surface area contributed by atoms with Crippen LogP contribution in [-0.2, 0) is 4.79 Å². The van der Waals surface area contributed by atoms with E-state index in [4.69, 9.17) is 0 Å². The number of hydrogen-bond acceptors (Lipinski definition) is 2. The molecule has 0 heterocycles. The first-order valence-electron chi connectivity index (χ1n) is 6.79. The molecular weight excluding hydrogens is 272 g/mol. The van der Waals surface area contributed by atoms with Crippen LogP contribution in [0.1, 0.15) is 38.3 Å². The van der Waals surface area contributed by atoms with Gasteiger partial charge in [0, 0.05) is 17.6 Å². The summed E-state index contributed by atoms with van der Waals surface area (Å²) >= 11 is 0. The summed E-state index contributed by atoms with van der Waals surface area (Å²) in [5.41, 5.74) is 5.36. The average molecular weight is 297 g/mol. The topological polar surface area (TPSA) is 29.1 Å². The highest BCUT2D eigenvalue weighted by molar-refractivity contribution is 5.71. The minimum atomic E-state index is 0. The van der Waals surface area contributed by atoms with Gasteiger partial charge in [-0.3, -0.25) is 4.79 Å². The minimum absolute atomic E-state index is 0. The van der Waals surface area contributed by atoms with Crippen LogP contribution in [0.15, 0.2) is 42.1 Å². The maximum absolute atomic E-state index is 10.7. The Morgan fingerprint density at radius 1 is 1.30 bits per heavy atom. The van der Waals surface area contributed by atoms with E-state index in [2.05, 4.69) is 50.7 Å². The van der Waals surface area contributed by atoms with Gasteiger partial charge in [-0.05, 0) is 6.92 Å². The highest BCUT2D eigenvalue weighted by Crippen LogP contribution is 2.27. The zero-order valence-electron chi connectivity index (χ0n) is 12.8. The van der Waals surface area contributed by atoms with Crippen molar-refractivity contribution in [3.8, 4) is 0 Å². The first-order chi connectivity index (χ1) is 9.01. The number of quaternary nitrogens is 1. The third kappa shape index (κ3) is 5.35. The lowest BCUT2D eigenvalue weighted by atomic mass is 10.0. The second kappa shape index (κ2) is 8.77. The zero-order valence-corrected chi connectivity index (χ0v) is 13.5. The Bertz CT molecular complexity index is 429. The molecule has 0 fully saturated rings. The summed E-state index contributed by atoms with van der Waals surface area (Å²) in [5, 5.41) is 0. The molecule has 0 aliphatic rings. The predicted octanol–water partition coefficient (Wildman–Crippen LogP) is 0.216. The number of allylic oxidation sites excluding steroid dienone is 1. The largest absolute Gasteiger partial charge is 1.00 e. The number of aldehydes is 1. The zero-order chi connectivity index (χ0) is 14.3. The molecule has 0 saturated carbocycles. The molecule has 0 amide bonds. The standard InChI is InChI=1S/C16H24N2O.ClH/c1-5-9-16(15-10-7-6-8-11-15)18(3,4)17-12-14(2)13-19;/h6-8,10-13,16H,5,9H2,1-4H3;1H. The first kappa shape index (κ1) is 18.7. The van der Waals surface area contributed by atoms with E-state index in [9.17, 15) is 4.79 Å². The van der Waals surface area contributed by atoms with E-state index in [1.54, 1.807) is 13.1 Å². The number of benzene rings is 1. The fourth-order valence-electron chi connectivity index (χ4n) is 2.20. The summed E-state index contributed by atoms with van der Waals surface area (Å²) in [6.45, 7) is 4.00. The molecule has 1 rings (SSSR count). The molecule has 1 unspecified atom stereocenters. The molecule has 0 spiro atoms. The molecule has 0 aliphatic carbocycles. The molecule has 1 aromatic rings. The molecule has 1 N–H and O–H groups in total. The highest BCUT2D eigenvalue weighted by Gasteiger charge is 2.28. The van der Waals surface area contributed by atoms with Gasteiger partial charge < -0.3 is 12.4 Å². The molecule has 0 bridgehead atoms. The van der Waals surface area contributed by atoms with E-state index in [1.165, 1.54) is 5.56 Å². The summed E-state index contributed by atoms with van der Waals surface area (Å²) in [5.74, 6) is 0. The van der Waals surface area contributed by atoms with Crippen molar-refractivity contribution in [2.24, 2.45) is 0 Å². The van der Waals surface area contributed by atoms with Crippen molar-refractivity contribution in [1.82, 2.24) is 5.43 Å². The molecule has 3 nitrogen and oxygen atoms in total. The number of nitrogens with zero attached hydrogens (tertiary/aromatic N) is 1. The van der Waals surface area contributed by atoms with E-state index >= 15 is 0 Å². The van der Waals surface area contributed by atoms with Crippen LogP contribution in [0.5, 0.6) is 0 Å². The van der Waals surface area contributed by atoms with Gasteiger partial charge in [0.2, 0.25) is 0 Å². The first-order valence-corrected chi connectivity index (χ1v) is 6.79. The summed E-state index contributed by atoms with van der Waals surface area (Å²) in [4.78, 5) is 10.7. The van der Waals surface area contributed by atoms with Gasteiger partial charge in [-0.1, -0.05) is 43.7 Å².